The van der Waals surface area contributed by atoms with Crippen molar-refractivity contribution >= 4 is 28.9 Å². The minimum Gasteiger partial charge on any atom is -0.309 e. The molecule has 2 aliphatic heterocycles. The maximum Gasteiger partial charge on any atom is 0.248 e. The second-order valence-electron chi connectivity index (χ2n) is 9.28. The number of para-hydroxylation sites is 1. The standard InChI is InChI=1S/C30H23FN4O2/c1-2-16-34-24-9-4-3-8-22(24)30(29(34)37)23(19-32)28(33-17-5-6-18-33)35(21-14-12-20(31)13-15-21)25-10-7-11-26(36)27(25)30/h2-6,8-9,12-15,17-18H,1,7,10-11,16H2. The van der Waals surface area contributed by atoms with E-state index in [9.17, 15) is 19.2 Å². The number of allylic oxidation sites excluding steroid dienone is 1. The summed E-state index contributed by atoms with van der Waals surface area (Å²) in [5.41, 5.74) is 1.45. The molecule has 0 saturated carbocycles. The summed E-state index contributed by atoms with van der Waals surface area (Å²) < 4.78 is 15.7. The van der Waals surface area contributed by atoms with Gasteiger partial charge in [-0.1, -0.05) is 24.3 Å². The number of fused-ring (bicyclic) bond motifs is 3. The van der Waals surface area contributed by atoms with Gasteiger partial charge >= 0.3 is 0 Å². The second kappa shape index (κ2) is 8.45. The van der Waals surface area contributed by atoms with Gasteiger partial charge in [0.1, 0.15) is 23.1 Å². The summed E-state index contributed by atoms with van der Waals surface area (Å²) in [6.07, 6.45) is 6.67. The zero-order chi connectivity index (χ0) is 25.7. The fourth-order valence-corrected chi connectivity index (χ4v) is 5.98. The molecule has 1 amide bonds. The molecule has 1 atom stereocenters. The molecule has 0 N–H and O–H groups in total. The van der Waals surface area contributed by atoms with Crippen molar-refractivity contribution in [2.45, 2.75) is 24.7 Å². The summed E-state index contributed by atoms with van der Waals surface area (Å²) in [5.74, 6) is -0.429. The van der Waals surface area contributed by atoms with Crippen LogP contribution in [-0.2, 0) is 15.0 Å². The van der Waals surface area contributed by atoms with Gasteiger partial charge in [-0.15, -0.1) is 6.58 Å². The molecule has 0 saturated heterocycles. The van der Waals surface area contributed by atoms with E-state index in [-0.39, 0.29) is 30.2 Å². The molecule has 37 heavy (non-hydrogen) atoms. The molecule has 7 heteroatoms. The van der Waals surface area contributed by atoms with Crippen LogP contribution in [0.25, 0.3) is 5.82 Å². The molecule has 6 rings (SSSR count). The molecule has 182 valence electrons. The molecule has 1 unspecified atom stereocenters. The Balaban J connectivity index is 1.78. The van der Waals surface area contributed by atoms with Crippen LogP contribution in [-0.4, -0.2) is 22.8 Å². The van der Waals surface area contributed by atoms with Gasteiger partial charge in [-0.3, -0.25) is 14.5 Å². The van der Waals surface area contributed by atoms with Crippen molar-refractivity contribution < 1.29 is 14.0 Å². The van der Waals surface area contributed by atoms with Crippen LogP contribution in [0.1, 0.15) is 24.8 Å². The van der Waals surface area contributed by atoms with E-state index in [0.717, 1.165) is 0 Å². The molecule has 1 aromatic heterocycles. The predicted octanol–water partition coefficient (Wildman–Crippen LogP) is 5.32. The lowest BCUT2D eigenvalue weighted by molar-refractivity contribution is -0.124. The topological polar surface area (TPSA) is 69.3 Å². The Morgan fingerprint density at radius 1 is 1.03 bits per heavy atom. The fraction of sp³-hybridized carbons (Fsp3) is 0.167. The van der Waals surface area contributed by atoms with Crippen LogP contribution in [0.4, 0.5) is 15.8 Å². The molecule has 3 aromatic rings. The zero-order valence-electron chi connectivity index (χ0n) is 20.0. The summed E-state index contributed by atoms with van der Waals surface area (Å²) in [6.45, 7) is 4.07. The van der Waals surface area contributed by atoms with Crippen molar-refractivity contribution in [3.8, 4) is 6.07 Å². The first-order chi connectivity index (χ1) is 18.0. The Kier molecular flexibility index (Phi) is 5.20. The molecule has 0 fully saturated rings. The fourth-order valence-electron chi connectivity index (χ4n) is 5.98. The first-order valence-corrected chi connectivity index (χ1v) is 12.2. The number of rotatable bonds is 4. The molecule has 6 nitrogen and oxygen atoms in total. The second-order valence-corrected chi connectivity index (χ2v) is 9.28. The van der Waals surface area contributed by atoms with Gasteiger partial charge in [0.2, 0.25) is 5.91 Å². The number of Topliss-reactive ketones (excluding diaryl/α,β-unsaturated/α-hetero) is 1. The first kappa shape index (κ1) is 22.7. The van der Waals surface area contributed by atoms with Gasteiger partial charge in [0.05, 0.1) is 5.57 Å². The lowest BCUT2D eigenvalue weighted by atomic mass is 9.63. The molecule has 2 aromatic carbocycles. The Hall–Kier alpha value is -4.70. The molecule has 3 aliphatic rings. The number of carbonyl (C=O) groups excluding carboxylic acids is 2. The predicted molar refractivity (Wildman–Crippen MR) is 139 cm³/mol. The SMILES string of the molecule is C=CCN1C(=O)C2(C(C#N)=C(n3cccc3)N(c3ccc(F)cc3)C3=C2C(=O)CCC3)c2ccccc21. The van der Waals surface area contributed by atoms with Gasteiger partial charge in [-0.05, 0) is 55.3 Å². The van der Waals surface area contributed by atoms with Crippen LogP contribution in [0.2, 0.25) is 0 Å². The molecule has 0 radical (unpaired) electrons. The summed E-state index contributed by atoms with van der Waals surface area (Å²) >= 11 is 0. The average molecular weight is 491 g/mol. The number of anilines is 2. The van der Waals surface area contributed by atoms with Gasteiger partial charge in [0.15, 0.2) is 5.78 Å². The third kappa shape index (κ3) is 3.02. The lowest BCUT2D eigenvalue weighted by Crippen LogP contribution is -2.51. The smallest absolute Gasteiger partial charge is 0.248 e. The van der Waals surface area contributed by atoms with Crippen molar-refractivity contribution in [1.82, 2.24) is 4.57 Å². The van der Waals surface area contributed by atoms with Gasteiger partial charge in [0.25, 0.3) is 0 Å². The van der Waals surface area contributed by atoms with E-state index in [2.05, 4.69) is 12.6 Å². The number of nitrogens with zero attached hydrogens (tertiary/aromatic N) is 4. The van der Waals surface area contributed by atoms with Crippen molar-refractivity contribution in [2.24, 2.45) is 0 Å². The number of aromatic nitrogens is 1. The minimum absolute atomic E-state index is 0.156. The van der Waals surface area contributed by atoms with E-state index >= 15 is 0 Å². The number of halogens is 1. The van der Waals surface area contributed by atoms with Gasteiger partial charge in [0, 0.05) is 53.6 Å². The monoisotopic (exact) mass is 490 g/mol. The zero-order valence-corrected chi connectivity index (χ0v) is 20.0. The van der Waals surface area contributed by atoms with E-state index in [1.807, 2.05) is 41.3 Å². The maximum atomic E-state index is 14.5. The minimum atomic E-state index is -1.59. The van der Waals surface area contributed by atoms with E-state index in [1.54, 1.807) is 40.1 Å². The molecule has 1 aliphatic carbocycles. The summed E-state index contributed by atoms with van der Waals surface area (Å²) in [6, 6.07) is 19.3. The number of carbonyl (C=O) groups is 2. The normalized spacial score (nSPS) is 20.9. The van der Waals surface area contributed by atoms with Gasteiger partial charge < -0.3 is 9.47 Å². The van der Waals surface area contributed by atoms with Crippen LogP contribution in [0, 0.1) is 17.1 Å². The van der Waals surface area contributed by atoms with E-state index < -0.39 is 11.2 Å². The van der Waals surface area contributed by atoms with E-state index in [4.69, 9.17) is 0 Å². The van der Waals surface area contributed by atoms with E-state index in [0.29, 0.717) is 46.9 Å². The lowest BCUT2D eigenvalue weighted by Gasteiger charge is -2.45. The molecule has 1 spiro atoms. The highest BCUT2D eigenvalue weighted by molar-refractivity contribution is 6.22. The Morgan fingerprint density at radius 3 is 2.46 bits per heavy atom. The quantitative estimate of drug-likeness (QED) is 0.465. The third-order valence-electron chi connectivity index (χ3n) is 7.36. The van der Waals surface area contributed by atoms with Crippen LogP contribution >= 0.6 is 0 Å². The van der Waals surface area contributed by atoms with Crippen LogP contribution < -0.4 is 9.80 Å². The van der Waals surface area contributed by atoms with Crippen LogP contribution in [0.15, 0.2) is 103 Å². The van der Waals surface area contributed by atoms with E-state index in [1.165, 1.54) is 12.1 Å². The maximum absolute atomic E-state index is 14.5. The highest BCUT2D eigenvalue weighted by atomic mass is 19.1. The highest BCUT2D eigenvalue weighted by Gasteiger charge is 2.62. The van der Waals surface area contributed by atoms with Gasteiger partial charge in [-0.25, -0.2) is 4.39 Å². The number of hydrogen-bond acceptors (Lipinski definition) is 4. The summed E-state index contributed by atoms with van der Waals surface area (Å²) in [4.78, 5) is 31.8. The van der Waals surface area contributed by atoms with Crippen molar-refractivity contribution in [1.29, 1.82) is 5.26 Å². The highest BCUT2D eigenvalue weighted by Crippen LogP contribution is 2.58. The number of amides is 1. The van der Waals surface area contributed by atoms with Crippen LogP contribution in [0.3, 0.4) is 0 Å². The molecular formula is C30H23FN4O2. The largest absolute Gasteiger partial charge is 0.309 e. The number of ketones is 1. The number of hydrogen-bond donors (Lipinski definition) is 0. The summed E-state index contributed by atoms with van der Waals surface area (Å²) in [7, 11) is 0. The van der Waals surface area contributed by atoms with Crippen molar-refractivity contribution in [3.63, 3.8) is 0 Å². The first-order valence-electron chi connectivity index (χ1n) is 12.2. The Bertz CT molecular complexity index is 1560. The van der Waals surface area contributed by atoms with Crippen molar-refractivity contribution in [2.75, 3.05) is 16.3 Å². The van der Waals surface area contributed by atoms with Crippen LogP contribution in [0.5, 0.6) is 0 Å². The molecular weight excluding hydrogens is 467 g/mol. The number of benzene rings is 2. The summed E-state index contributed by atoms with van der Waals surface area (Å²) in [5, 5.41) is 10.8. The molecule has 0 bridgehead atoms. The Morgan fingerprint density at radius 2 is 1.76 bits per heavy atom. The third-order valence-corrected chi connectivity index (χ3v) is 7.36. The van der Waals surface area contributed by atoms with Crippen molar-refractivity contribution in [3.05, 3.63) is 114 Å². The number of nitriles is 1. The molecule has 3 heterocycles. The average Bonchev–Trinajstić information content (AvgIpc) is 3.52. The Labute approximate surface area is 213 Å². The van der Waals surface area contributed by atoms with Gasteiger partial charge in [-0.2, -0.15) is 5.26 Å².